The third kappa shape index (κ3) is 15.3. The molecule has 0 N–H and O–H groups in total. The van der Waals surface area contributed by atoms with Gasteiger partial charge in [-0.15, -0.1) is 0 Å². The topological polar surface area (TPSA) is 43.4 Å². The molecule has 0 aromatic rings. The summed E-state index contributed by atoms with van der Waals surface area (Å²) in [7, 11) is 0. The third-order valence-corrected chi connectivity index (χ3v) is 3.87. The second-order valence-corrected chi connectivity index (χ2v) is 5.99. The number of rotatable bonds is 15. The van der Waals surface area contributed by atoms with Gasteiger partial charge < -0.3 is 4.74 Å². The molecule has 3 nitrogen and oxygen atoms in total. The number of unbranched alkanes of at least 4 members (excludes halogenated alkanes) is 12. The Morgan fingerprint density at radius 1 is 0.773 bits per heavy atom. The van der Waals surface area contributed by atoms with Crippen molar-refractivity contribution >= 4 is 11.9 Å². The zero-order valence-electron chi connectivity index (χ0n) is 14.4. The Kier molecular flexibility index (Phi) is 15.4. The maximum absolute atomic E-state index is 11.2. The van der Waals surface area contributed by atoms with E-state index in [-0.39, 0.29) is 0 Å². The van der Waals surface area contributed by atoms with Crippen molar-refractivity contribution in [2.75, 3.05) is 0 Å². The fraction of sp³-hybridized carbons (Fsp3) is 0.789. The van der Waals surface area contributed by atoms with Crippen molar-refractivity contribution in [2.45, 2.75) is 96.8 Å². The highest BCUT2D eigenvalue weighted by atomic mass is 16.6. The molecule has 0 aliphatic carbocycles. The summed E-state index contributed by atoms with van der Waals surface area (Å²) in [6.45, 7) is 5.51. The van der Waals surface area contributed by atoms with Crippen LogP contribution in [0, 0.1) is 0 Å². The summed E-state index contributed by atoms with van der Waals surface area (Å²) >= 11 is 0. The molecule has 0 fully saturated rings. The summed E-state index contributed by atoms with van der Waals surface area (Å²) in [5.74, 6) is -1.09. The van der Waals surface area contributed by atoms with Crippen LogP contribution >= 0.6 is 0 Å². The lowest BCUT2D eigenvalue weighted by atomic mass is 10.0. The maximum atomic E-state index is 11.2. The van der Waals surface area contributed by atoms with Crippen LogP contribution < -0.4 is 0 Å². The number of hydrogen-bond acceptors (Lipinski definition) is 3. The highest BCUT2D eigenvalue weighted by molar-refractivity contribution is 5.91. The molecule has 0 aliphatic heterocycles. The first-order valence-corrected chi connectivity index (χ1v) is 9.07. The van der Waals surface area contributed by atoms with Gasteiger partial charge in [0.15, 0.2) is 0 Å². The molecule has 0 saturated carbocycles. The van der Waals surface area contributed by atoms with E-state index in [1.165, 1.54) is 70.6 Å². The Labute approximate surface area is 136 Å². The summed E-state index contributed by atoms with van der Waals surface area (Å²) < 4.78 is 4.51. The standard InChI is InChI=1S/C19H34O3/c1-3-5-6-7-8-9-10-11-12-13-14-15-16-17-19(21)22-18(20)4-2/h4H,2-3,5-17H2,1H3. The van der Waals surface area contributed by atoms with E-state index in [0.29, 0.717) is 6.42 Å². The molecule has 0 amide bonds. The van der Waals surface area contributed by atoms with E-state index in [9.17, 15) is 9.59 Å². The van der Waals surface area contributed by atoms with Crippen molar-refractivity contribution < 1.29 is 14.3 Å². The SMILES string of the molecule is C=CC(=O)OC(=O)CCCCCCCCCCCCCCC. The van der Waals surface area contributed by atoms with E-state index >= 15 is 0 Å². The number of esters is 2. The zero-order valence-corrected chi connectivity index (χ0v) is 14.4. The molecule has 0 heterocycles. The molecule has 3 heteroatoms. The van der Waals surface area contributed by atoms with Gasteiger partial charge in [0.2, 0.25) is 0 Å². The third-order valence-electron chi connectivity index (χ3n) is 3.87. The van der Waals surface area contributed by atoms with E-state index in [2.05, 4.69) is 18.2 Å². The molecular formula is C19H34O3. The fourth-order valence-corrected chi connectivity index (χ4v) is 2.49. The highest BCUT2D eigenvalue weighted by Gasteiger charge is 2.06. The molecular weight excluding hydrogens is 276 g/mol. The van der Waals surface area contributed by atoms with Gasteiger partial charge in [-0.2, -0.15) is 0 Å². The van der Waals surface area contributed by atoms with Gasteiger partial charge in [-0.25, -0.2) is 4.79 Å². The predicted octanol–water partition coefficient (Wildman–Crippen LogP) is 5.72. The van der Waals surface area contributed by atoms with Gasteiger partial charge in [-0.3, -0.25) is 4.79 Å². The van der Waals surface area contributed by atoms with Crippen LogP contribution in [-0.4, -0.2) is 11.9 Å². The molecule has 0 radical (unpaired) electrons. The zero-order chi connectivity index (χ0) is 16.5. The second kappa shape index (κ2) is 16.3. The quantitative estimate of drug-likeness (QED) is 0.168. The first kappa shape index (κ1) is 20.9. The van der Waals surface area contributed by atoms with Crippen molar-refractivity contribution in [3.8, 4) is 0 Å². The Hall–Kier alpha value is -1.12. The van der Waals surface area contributed by atoms with E-state index in [1.807, 2.05) is 0 Å². The van der Waals surface area contributed by atoms with Gasteiger partial charge in [-0.1, -0.05) is 90.6 Å². The highest BCUT2D eigenvalue weighted by Crippen LogP contribution is 2.13. The number of hydrogen-bond donors (Lipinski definition) is 0. The summed E-state index contributed by atoms with van der Waals surface area (Å²) in [5, 5.41) is 0. The van der Waals surface area contributed by atoms with Gasteiger partial charge in [0.05, 0.1) is 0 Å². The molecule has 22 heavy (non-hydrogen) atoms. The van der Waals surface area contributed by atoms with Crippen LogP contribution in [0.2, 0.25) is 0 Å². The Morgan fingerprint density at radius 3 is 1.59 bits per heavy atom. The molecule has 0 aromatic carbocycles. The lowest BCUT2D eigenvalue weighted by Gasteiger charge is -2.03. The summed E-state index contributed by atoms with van der Waals surface area (Å²) in [6.07, 6.45) is 17.9. The predicted molar refractivity (Wildman–Crippen MR) is 91.6 cm³/mol. The number of ether oxygens (including phenoxy) is 1. The van der Waals surface area contributed by atoms with E-state index in [1.54, 1.807) is 0 Å². The summed E-state index contributed by atoms with van der Waals surface area (Å²) in [5.41, 5.74) is 0. The van der Waals surface area contributed by atoms with E-state index in [4.69, 9.17) is 0 Å². The molecule has 0 bridgehead atoms. The minimum Gasteiger partial charge on any atom is -0.390 e. The normalized spacial score (nSPS) is 10.4. The lowest BCUT2D eigenvalue weighted by Crippen LogP contribution is -2.09. The van der Waals surface area contributed by atoms with Gasteiger partial charge in [-0.05, 0) is 6.42 Å². The first-order valence-electron chi connectivity index (χ1n) is 9.07. The number of carbonyl (C=O) groups is 2. The fourth-order valence-electron chi connectivity index (χ4n) is 2.49. The molecule has 0 atom stereocenters. The van der Waals surface area contributed by atoms with Crippen LogP contribution in [0.5, 0.6) is 0 Å². The molecule has 0 spiro atoms. The minimum atomic E-state index is -0.653. The minimum absolute atomic E-state index is 0.331. The molecule has 0 aromatic heterocycles. The van der Waals surface area contributed by atoms with Crippen LogP contribution in [0.1, 0.15) is 96.8 Å². The molecule has 0 saturated heterocycles. The number of carbonyl (C=O) groups excluding carboxylic acids is 2. The van der Waals surface area contributed by atoms with Crippen molar-refractivity contribution in [3.05, 3.63) is 12.7 Å². The average Bonchev–Trinajstić information content (AvgIpc) is 2.51. The van der Waals surface area contributed by atoms with Crippen molar-refractivity contribution in [1.82, 2.24) is 0 Å². The molecule has 0 rings (SSSR count). The molecule has 0 unspecified atom stereocenters. The van der Waals surface area contributed by atoms with Gasteiger partial charge in [0.1, 0.15) is 0 Å². The van der Waals surface area contributed by atoms with Gasteiger partial charge in [0, 0.05) is 12.5 Å². The van der Waals surface area contributed by atoms with Gasteiger partial charge >= 0.3 is 11.9 Å². The lowest BCUT2D eigenvalue weighted by molar-refractivity contribution is -0.156. The first-order chi connectivity index (χ1) is 10.7. The van der Waals surface area contributed by atoms with E-state index < -0.39 is 11.9 Å². The molecule has 128 valence electrons. The monoisotopic (exact) mass is 310 g/mol. The van der Waals surface area contributed by atoms with Crippen molar-refractivity contribution in [3.63, 3.8) is 0 Å². The second-order valence-electron chi connectivity index (χ2n) is 5.99. The van der Waals surface area contributed by atoms with E-state index in [0.717, 1.165) is 18.9 Å². The van der Waals surface area contributed by atoms with Crippen LogP contribution in [-0.2, 0) is 14.3 Å². The average molecular weight is 310 g/mol. The van der Waals surface area contributed by atoms with Crippen molar-refractivity contribution in [1.29, 1.82) is 0 Å². The summed E-state index contributed by atoms with van der Waals surface area (Å²) in [6, 6.07) is 0. The summed E-state index contributed by atoms with van der Waals surface area (Å²) in [4.78, 5) is 22.0. The Morgan fingerprint density at radius 2 is 1.18 bits per heavy atom. The maximum Gasteiger partial charge on any atom is 0.337 e. The molecule has 0 aliphatic rings. The van der Waals surface area contributed by atoms with Gasteiger partial charge in [0.25, 0.3) is 0 Å². The van der Waals surface area contributed by atoms with Crippen LogP contribution in [0.15, 0.2) is 12.7 Å². The van der Waals surface area contributed by atoms with Crippen molar-refractivity contribution in [2.24, 2.45) is 0 Å². The largest absolute Gasteiger partial charge is 0.390 e. The smallest absolute Gasteiger partial charge is 0.337 e. The van der Waals surface area contributed by atoms with Crippen LogP contribution in [0.25, 0.3) is 0 Å². The Bertz CT molecular complexity index is 297. The van der Waals surface area contributed by atoms with Crippen LogP contribution in [0.3, 0.4) is 0 Å². The van der Waals surface area contributed by atoms with Crippen LogP contribution in [0.4, 0.5) is 0 Å². The Balaban J connectivity index is 3.15.